The van der Waals surface area contributed by atoms with E-state index in [0.717, 1.165) is 0 Å². The van der Waals surface area contributed by atoms with Crippen molar-refractivity contribution in [3.05, 3.63) is 53.1 Å². The molecule has 0 fully saturated rings. The zero-order chi connectivity index (χ0) is 17.0. The van der Waals surface area contributed by atoms with Crippen molar-refractivity contribution in [2.24, 2.45) is 0 Å². The third kappa shape index (κ3) is 3.42. The molecule has 6 heteroatoms. The monoisotopic (exact) mass is 316 g/mol. The minimum absolute atomic E-state index is 0.0635. The molecule has 0 aliphatic carbocycles. The van der Waals surface area contributed by atoms with E-state index in [1.54, 1.807) is 6.07 Å². The molecule has 0 aliphatic rings. The van der Waals surface area contributed by atoms with E-state index in [9.17, 15) is 14.7 Å². The largest absolute Gasteiger partial charge is 0.497 e. The van der Waals surface area contributed by atoms with Gasteiger partial charge in [-0.05, 0) is 30.3 Å². The third-order valence-electron chi connectivity index (χ3n) is 3.32. The molecule has 0 atom stereocenters. The zero-order valence-corrected chi connectivity index (χ0v) is 13.0. The van der Waals surface area contributed by atoms with Gasteiger partial charge in [0.2, 0.25) is 0 Å². The fourth-order valence-corrected chi connectivity index (χ4v) is 2.12. The molecule has 0 bridgehead atoms. The first-order chi connectivity index (χ1) is 11.0. The van der Waals surface area contributed by atoms with E-state index in [2.05, 4.69) is 0 Å². The summed E-state index contributed by atoms with van der Waals surface area (Å²) in [6.07, 6.45) is 0. The number of benzene rings is 2. The van der Waals surface area contributed by atoms with Crippen LogP contribution in [0.4, 0.5) is 0 Å². The van der Waals surface area contributed by atoms with Crippen molar-refractivity contribution in [1.29, 1.82) is 0 Å². The van der Waals surface area contributed by atoms with E-state index in [1.807, 2.05) is 0 Å². The molecule has 2 aromatic rings. The third-order valence-corrected chi connectivity index (χ3v) is 3.32. The maximum Gasteiger partial charge on any atom is 0.336 e. The molecule has 0 radical (unpaired) electrons. The van der Waals surface area contributed by atoms with Crippen molar-refractivity contribution < 1.29 is 28.9 Å². The summed E-state index contributed by atoms with van der Waals surface area (Å²) < 4.78 is 15.3. The van der Waals surface area contributed by atoms with Gasteiger partial charge in [0.25, 0.3) is 0 Å². The predicted molar refractivity (Wildman–Crippen MR) is 82.9 cm³/mol. The van der Waals surface area contributed by atoms with Crippen LogP contribution in [-0.4, -0.2) is 38.2 Å². The van der Waals surface area contributed by atoms with Gasteiger partial charge in [0, 0.05) is 17.2 Å². The number of carboxylic acids is 1. The molecule has 0 amide bonds. The molecule has 0 spiro atoms. The molecular formula is C17H16O6. The number of ketones is 1. The fraction of sp³-hybridized carbons (Fsp3) is 0.176. The van der Waals surface area contributed by atoms with Gasteiger partial charge in [0.05, 0.1) is 26.9 Å². The maximum absolute atomic E-state index is 12.7. The summed E-state index contributed by atoms with van der Waals surface area (Å²) >= 11 is 0. The Kier molecular flexibility index (Phi) is 4.85. The fourth-order valence-electron chi connectivity index (χ4n) is 2.12. The van der Waals surface area contributed by atoms with Crippen LogP contribution < -0.4 is 14.2 Å². The number of carbonyl (C=O) groups excluding carboxylic acids is 1. The lowest BCUT2D eigenvalue weighted by atomic mass is 9.97. The van der Waals surface area contributed by atoms with Gasteiger partial charge in [0.1, 0.15) is 17.2 Å². The van der Waals surface area contributed by atoms with Crippen LogP contribution in [0.3, 0.4) is 0 Å². The Morgan fingerprint density at radius 2 is 1.35 bits per heavy atom. The van der Waals surface area contributed by atoms with Crippen molar-refractivity contribution >= 4 is 11.8 Å². The molecule has 0 saturated carbocycles. The lowest BCUT2D eigenvalue weighted by Crippen LogP contribution is -2.10. The van der Waals surface area contributed by atoms with Crippen molar-refractivity contribution in [2.45, 2.75) is 0 Å². The molecule has 120 valence electrons. The lowest BCUT2D eigenvalue weighted by Gasteiger charge is -2.10. The molecule has 1 N–H and O–H groups in total. The Labute approximate surface area is 133 Å². The molecule has 23 heavy (non-hydrogen) atoms. The van der Waals surface area contributed by atoms with Gasteiger partial charge in [0.15, 0.2) is 5.78 Å². The summed E-state index contributed by atoms with van der Waals surface area (Å²) in [5, 5.41) is 9.33. The van der Waals surface area contributed by atoms with Gasteiger partial charge in [-0.2, -0.15) is 0 Å². The number of rotatable bonds is 6. The summed E-state index contributed by atoms with van der Waals surface area (Å²) in [6.45, 7) is 0. The number of aromatic carboxylic acids is 1. The van der Waals surface area contributed by atoms with E-state index in [0.29, 0.717) is 17.2 Å². The van der Waals surface area contributed by atoms with Crippen molar-refractivity contribution in [2.75, 3.05) is 21.3 Å². The van der Waals surface area contributed by atoms with Crippen LogP contribution in [0.25, 0.3) is 0 Å². The molecular weight excluding hydrogens is 300 g/mol. The number of ether oxygens (including phenoxy) is 3. The van der Waals surface area contributed by atoms with Crippen LogP contribution in [0.5, 0.6) is 17.2 Å². The normalized spacial score (nSPS) is 10.0. The van der Waals surface area contributed by atoms with Crippen LogP contribution >= 0.6 is 0 Å². The average molecular weight is 316 g/mol. The Bertz CT molecular complexity index is 728. The van der Waals surface area contributed by atoms with Gasteiger partial charge in [-0.1, -0.05) is 0 Å². The Balaban J connectivity index is 2.54. The van der Waals surface area contributed by atoms with Crippen LogP contribution in [0, 0.1) is 0 Å². The molecule has 0 heterocycles. The summed E-state index contributed by atoms with van der Waals surface area (Å²) in [4.78, 5) is 24.1. The van der Waals surface area contributed by atoms with Gasteiger partial charge in [-0.25, -0.2) is 4.79 Å². The summed E-state index contributed by atoms with van der Waals surface area (Å²) in [5.41, 5.74) is 0.207. The highest BCUT2D eigenvalue weighted by Gasteiger charge is 2.20. The highest BCUT2D eigenvalue weighted by Crippen LogP contribution is 2.26. The predicted octanol–water partition coefficient (Wildman–Crippen LogP) is 2.64. The van der Waals surface area contributed by atoms with E-state index in [4.69, 9.17) is 14.2 Å². The number of carboxylic acid groups (broad SMARTS) is 1. The van der Waals surface area contributed by atoms with Gasteiger partial charge < -0.3 is 19.3 Å². The van der Waals surface area contributed by atoms with E-state index >= 15 is 0 Å². The Morgan fingerprint density at radius 1 is 0.783 bits per heavy atom. The van der Waals surface area contributed by atoms with E-state index in [1.165, 1.54) is 51.7 Å². The Hall–Kier alpha value is -3.02. The van der Waals surface area contributed by atoms with Crippen molar-refractivity contribution in [1.82, 2.24) is 0 Å². The SMILES string of the molecule is COc1cc(OC)cc(C(=O)c2ccc(OC)cc2C(=O)O)c1. The van der Waals surface area contributed by atoms with Crippen LogP contribution in [0.1, 0.15) is 26.3 Å². The smallest absolute Gasteiger partial charge is 0.336 e. The Morgan fingerprint density at radius 3 is 1.83 bits per heavy atom. The first-order valence-corrected chi connectivity index (χ1v) is 6.69. The second-order valence-electron chi connectivity index (χ2n) is 4.65. The molecule has 0 aliphatic heterocycles. The highest BCUT2D eigenvalue weighted by atomic mass is 16.5. The summed E-state index contributed by atoms with van der Waals surface area (Å²) in [5.74, 6) is -0.400. The van der Waals surface area contributed by atoms with Crippen molar-refractivity contribution in [3.63, 3.8) is 0 Å². The topological polar surface area (TPSA) is 82.1 Å². The molecule has 6 nitrogen and oxygen atoms in total. The lowest BCUT2D eigenvalue weighted by molar-refractivity contribution is 0.0692. The summed E-state index contributed by atoms with van der Waals surface area (Å²) in [7, 11) is 4.37. The molecule has 0 aromatic heterocycles. The van der Waals surface area contributed by atoms with Gasteiger partial charge >= 0.3 is 5.97 Å². The van der Waals surface area contributed by atoms with Gasteiger partial charge in [-0.15, -0.1) is 0 Å². The zero-order valence-electron chi connectivity index (χ0n) is 13.0. The number of hydrogen-bond donors (Lipinski definition) is 1. The second kappa shape index (κ2) is 6.83. The van der Waals surface area contributed by atoms with Crippen LogP contribution in [0.15, 0.2) is 36.4 Å². The molecule has 0 saturated heterocycles. The minimum atomic E-state index is -1.21. The van der Waals surface area contributed by atoms with E-state index < -0.39 is 11.8 Å². The quantitative estimate of drug-likeness (QED) is 0.825. The first kappa shape index (κ1) is 16.4. The second-order valence-corrected chi connectivity index (χ2v) is 4.65. The number of methoxy groups -OCH3 is 3. The van der Waals surface area contributed by atoms with Gasteiger partial charge in [-0.3, -0.25) is 4.79 Å². The molecule has 0 unspecified atom stereocenters. The van der Waals surface area contributed by atoms with Crippen molar-refractivity contribution in [3.8, 4) is 17.2 Å². The van der Waals surface area contributed by atoms with Crippen LogP contribution in [-0.2, 0) is 0 Å². The number of carbonyl (C=O) groups is 2. The standard InChI is InChI=1S/C17H16O6/c1-21-11-4-5-14(15(9-11)17(19)20)16(18)10-6-12(22-2)8-13(7-10)23-3/h4-9H,1-3H3,(H,19,20). The molecule has 2 aromatic carbocycles. The minimum Gasteiger partial charge on any atom is -0.497 e. The number of hydrogen-bond acceptors (Lipinski definition) is 5. The summed E-state index contributed by atoms with van der Waals surface area (Å²) in [6, 6.07) is 8.96. The highest BCUT2D eigenvalue weighted by molar-refractivity contribution is 6.14. The maximum atomic E-state index is 12.7. The first-order valence-electron chi connectivity index (χ1n) is 6.69. The molecule has 2 rings (SSSR count). The van der Waals surface area contributed by atoms with E-state index in [-0.39, 0.29) is 16.7 Å². The van der Waals surface area contributed by atoms with Crippen LogP contribution in [0.2, 0.25) is 0 Å². The average Bonchev–Trinajstić information content (AvgIpc) is 2.59.